The van der Waals surface area contributed by atoms with Gasteiger partial charge in [0.1, 0.15) is 5.75 Å². The molecule has 4 aromatic rings. The van der Waals surface area contributed by atoms with E-state index < -0.39 is 0 Å². The first kappa shape index (κ1) is 19.4. The van der Waals surface area contributed by atoms with E-state index in [1.165, 1.54) is 0 Å². The van der Waals surface area contributed by atoms with Crippen LogP contribution in [0.2, 0.25) is 0 Å². The van der Waals surface area contributed by atoms with Gasteiger partial charge < -0.3 is 14.6 Å². The molecule has 0 spiro atoms. The summed E-state index contributed by atoms with van der Waals surface area (Å²) in [5.74, 6) is 1.09. The molecule has 1 heterocycles. The van der Waals surface area contributed by atoms with E-state index in [4.69, 9.17) is 9.26 Å². The minimum Gasteiger partial charge on any atom is -0.483 e. The lowest BCUT2D eigenvalue weighted by atomic mass is 10.1. The van der Waals surface area contributed by atoms with Crippen molar-refractivity contribution >= 4 is 5.91 Å². The summed E-state index contributed by atoms with van der Waals surface area (Å²) < 4.78 is 11.1. The van der Waals surface area contributed by atoms with Crippen molar-refractivity contribution in [3.05, 3.63) is 101 Å². The molecule has 6 heteroatoms. The Labute approximate surface area is 174 Å². The van der Waals surface area contributed by atoms with Gasteiger partial charge in [0.15, 0.2) is 6.61 Å². The molecule has 0 saturated heterocycles. The maximum absolute atomic E-state index is 12.7. The van der Waals surface area contributed by atoms with Gasteiger partial charge in [-0.25, -0.2) is 0 Å². The lowest BCUT2D eigenvalue weighted by Crippen LogP contribution is -2.23. The molecule has 0 atom stereocenters. The van der Waals surface area contributed by atoms with Crippen LogP contribution in [-0.4, -0.2) is 16.0 Å². The summed E-state index contributed by atoms with van der Waals surface area (Å²) in [5, 5.41) is 6.92. The van der Waals surface area contributed by atoms with Crippen LogP contribution in [0.3, 0.4) is 0 Å². The van der Waals surface area contributed by atoms with Gasteiger partial charge in [-0.3, -0.25) is 4.79 Å². The smallest absolute Gasteiger partial charge is 0.264 e. The van der Waals surface area contributed by atoms with Crippen LogP contribution in [0.5, 0.6) is 5.75 Å². The number of benzene rings is 3. The Kier molecular flexibility index (Phi) is 5.85. The van der Waals surface area contributed by atoms with Crippen molar-refractivity contribution in [3.8, 4) is 17.1 Å². The van der Waals surface area contributed by atoms with E-state index in [0.717, 1.165) is 16.7 Å². The molecular formula is C24H21N3O3. The summed E-state index contributed by atoms with van der Waals surface area (Å²) in [7, 11) is 0. The summed E-state index contributed by atoms with van der Waals surface area (Å²) in [6.07, 6.45) is 0. The second-order valence-electron chi connectivity index (χ2n) is 6.83. The molecule has 0 saturated carbocycles. The summed E-state index contributed by atoms with van der Waals surface area (Å²) in [5.41, 5.74) is 3.51. The summed E-state index contributed by atoms with van der Waals surface area (Å²) in [6.45, 7) is 2.54. The number of carbonyl (C=O) groups is 1. The van der Waals surface area contributed by atoms with Crippen molar-refractivity contribution in [2.75, 3.05) is 0 Å². The number of hydrogen-bond acceptors (Lipinski definition) is 5. The third kappa shape index (κ3) is 4.72. The number of carbonyl (C=O) groups excluding carboxylic acids is 1. The summed E-state index contributed by atoms with van der Waals surface area (Å²) in [6, 6.07) is 24.7. The summed E-state index contributed by atoms with van der Waals surface area (Å²) >= 11 is 0. The zero-order chi connectivity index (χ0) is 20.8. The van der Waals surface area contributed by atoms with E-state index in [9.17, 15) is 4.79 Å². The molecule has 30 heavy (non-hydrogen) atoms. The van der Waals surface area contributed by atoms with E-state index in [2.05, 4.69) is 15.5 Å². The molecule has 1 aromatic heterocycles. The predicted octanol–water partition coefficient (Wildman–Crippen LogP) is 4.55. The standard InChI is InChI=1S/C24H21N3O3/c1-17-8-7-9-18(14-17)15-25-24(28)20-12-5-6-13-21(20)29-16-22-26-23(27-30-22)19-10-3-2-4-11-19/h2-14H,15-16H2,1H3,(H,25,28). The van der Waals surface area contributed by atoms with Crippen LogP contribution in [-0.2, 0) is 13.2 Å². The first-order valence-electron chi connectivity index (χ1n) is 9.62. The molecule has 1 amide bonds. The maximum atomic E-state index is 12.7. The molecule has 6 nitrogen and oxygen atoms in total. The first-order valence-corrected chi connectivity index (χ1v) is 9.62. The van der Waals surface area contributed by atoms with Crippen LogP contribution in [0, 0.1) is 6.92 Å². The fraction of sp³-hybridized carbons (Fsp3) is 0.125. The number of hydrogen-bond donors (Lipinski definition) is 1. The molecule has 0 aliphatic rings. The molecule has 0 fully saturated rings. The molecular weight excluding hydrogens is 378 g/mol. The average Bonchev–Trinajstić information content (AvgIpc) is 3.26. The Morgan fingerprint density at radius 3 is 2.63 bits per heavy atom. The van der Waals surface area contributed by atoms with E-state index in [-0.39, 0.29) is 12.5 Å². The maximum Gasteiger partial charge on any atom is 0.264 e. The SMILES string of the molecule is Cc1cccc(CNC(=O)c2ccccc2OCc2nc(-c3ccccc3)no2)c1. The molecule has 0 aliphatic heterocycles. The van der Waals surface area contributed by atoms with Crippen LogP contribution in [0.15, 0.2) is 83.4 Å². The summed E-state index contributed by atoms with van der Waals surface area (Å²) in [4.78, 5) is 17.0. The Bertz CT molecular complexity index is 1140. The van der Waals surface area contributed by atoms with Crippen LogP contribution >= 0.6 is 0 Å². The highest BCUT2D eigenvalue weighted by Crippen LogP contribution is 2.20. The van der Waals surface area contributed by atoms with Gasteiger partial charge in [-0.05, 0) is 24.6 Å². The molecule has 4 rings (SSSR count). The highest BCUT2D eigenvalue weighted by atomic mass is 16.5. The van der Waals surface area contributed by atoms with Gasteiger partial charge in [0.05, 0.1) is 5.56 Å². The van der Waals surface area contributed by atoms with Gasteiger partial charge in [0.2, 0.25) is 5.82 Å². The molecule has 1 N–H and O–H groups in total. The van der Waals surface area contributed by atoms with Crippen LogP contribution in [0.1, 0.15) is 27.4 Å². The van der Waals surface area contributed by atoms with E-state index in [0.29, 0.717) is 29.6 Å². The monoisotopic (exact) mass is 399 g/mol. The van der Waals surface area contributed by atoms with E-state index >= 15 is 0 Å². The van der Waals surface area contributed by atoms with Gasteiger partial charge in [-0.15, -0.1) is 0 Å². The zero-order valence-electron chi connectivity index (χ0n) is 16.5. The number of para-hydroxylation sites is 1. The minimum absolute atomic E-state index is 0.0714. The largest absolute Gasteiger partial charge is 0.483 e. The van der Waals surface area contributed by atoms with Crippen molar-refractivity contribution in [3.63, 3.8) is 0 Å². The fourth-order valence-corrected chi connectivity index (χ4v) is 3.04. The lowest BCUT2D eigenvalue weighted by molar-refractivity contribution is 0.0945. The number of aromatic nitrogens is 2. The van der Waals surface area contributed by atoms with Gasteiger partial charge in [0.25, 0.3) is 11.8 Å². The molecule has 0 bridgehead atoms. The number of nitrogens with one attached hydrogen (secondary N) is 1. The van der Waals surface area contributed by atoms with Crippen LogP contribution < -0.4 is 10.1 Å². The van der Waals surface area contributed by atoms with Crippen LogP contribution in [0.25, 0.3) is 11.4 Å². The number of rotatable bonds is 7. The second-order valence-corrected chi connectivity index (χ2v) is 6.83. The van der Waals surface area contributed by atoms with Crippen molar-refractivity contribution < 1.29 is 14.1 Å². The van der Waals surface area contributed by atoms with Gasteiger partial charge in [0, 0.05) is 12.1 Å². The third-order valence-corrected chi connectivity index (χ3v) is 4.52. The lowest BCUT2D eigenvalue weighted by Gasteiger charge is -2.11. The van der Waals surface area contributed by atoms with E-state index in [1.54, 1.807) is 18.2 Å². The number of nitrogens with zero attached hydrogens (tertiary/aromatic N) is 2. The van der Waals surface area contributed by atoms with Gasteiger partial charge in [-0.1, -0.05) is 77.5 Å². The Balaban J connectivity index is 1.41. The normalized spacial score (nSPS) is 10.6. The van der Waals surface area contributed by atoms with Crippen LogP contribution in [0.4, 0.5) is 0 Å². The number of aryl methyl sites for hydroxylation is 1. The van der Waals surface area contributed by atoms with Crippen molar-refractivity contribution in [2.24, 2.45) is 0 Å². The quantitative estimate of drug-likeness (QED) is 0.493. The molecule has 0 aliphatic carbocycles. The van der Waals surface area contributed by atoms with Crippen molar-refractivity contribution in [2.45, 2.75) is 20.1 Å². The highest BCUT2D eigenvalue weighted by Gasteiger charge is 2.14. The minimum atomic E-state index is -0.206. The molecule has 150 valence electrons. The molecule has 0 unspecified atom stereocenters. The molecule has 0 radical (unpaired) electrons. The number of ether oxygens (including phenoxy) is 1. The second kappa shape index (κ2) is 9.05. The Morgan fingerprint density at radius 1 is 1.00 bits per heavy atom. The number of amides is 1. The van der Waals surface area contributed by atoms with Gasteiger partial charge in [-0.2, -0.15) is 4.98 Å². The van der Waals surface area contributed by atoms with E-state index in [1.807, 2.05) is 67.6 Å². The average molecular weight is 399 g/mol. The predicted molar refractivity (Wildman–Crippen MR) is 113 cm³/mol. The Morgan fingerprint density at radius 2 is 1.80 bits per heavy atom. The topological polar surface area (TPSA) is 77.2 Å². The fourth-order valence-electron chi connectivity index (χ4n) is 3.04. The van der Waals surface area contributed by atoms with Crippen molar-refractivity contribution in [1.29, 1.82) is 0 Å². The Hall–Kier alpha value is -3.93. The third-order valence-electron chi connectivity index (χ3n) is 4.52. The van der Waals surface area contributed by atoms with Crippen molar-refractivity contribution in [1.82, 2.24) is 15.5 Å². The first-order chi connectivity index (χ1) is 14.7. The van der Waals surface area contributed by atoms with Gasteiger partial charge >= 0.3 is 0 Å². The molecule has 3 aromatic carbocycles. The zero-order valence-corrected chi connectivity index (χ0v) is 16.5. The highest BCUT2D eigenvalue weighted by molar-refractivity contribution is 5.96.